The highest BCUT2D eigenvalue weighted by atomic mass is 35.5. The largest absolute Gasteiger partial charge is 0.300 e. The third-order valence-corrected chi connectivity index (χ3v) is 8.64. The molecule has 1 saturated heterocycles. The smallest absolute Gasteiger partial charge is 0.0410 e. The lowest BCUT2D eigenvalue weighted by molar-refractivity contribution is 0.0984. The van der Waals surface area contributed by atoms with E-state index in [2.05, 4.69) is 76.5 Å². The van der Waals surface area contributed by atoms with Crippen LogP contribution in [0.25, 0.3) is 0 Å². The maximum absolute atomic E-state index is 6.44. The van der Waals surface area contributed by atoms with Gasteiger partial charge in [0, 0.05) is 64.2 Å². The zero-order chi connectivity index (χ0) is 21.0. The predicted octanol–water partition coefficient (Wildman–Crippen LogP) is 6.50. The molecule has 1 fully saturated rings. The molecular weight excluding hydrogens is 440 g/mol. The molecule has 3 aromatic carbocycles. The van der Waals surface area contributed by atoms with Gasteiger partial charge in [-0.3, -0.25) is 9.80 Å². The normalized spacial score (nSPS) is 19.5. The molecule has 3 aromatic rings. The molecule has 160 valence electrons. The van der Waals surface area contributed by atoms with Crippen LogP contribution in [0.4, 0.5) is 0 Å². The standard InChI is InChI=1S/C26H27ClN2S2/c27-21-10-11-26-23(19-21)24(18-20-6-4-5-9-25(20)31-26)29-14-12-28(13-15-29)16-17-30-22-7-2-1-3-8-22/h1-11,19,24H,12-18H2/t24-/m1/s1. The Balaban J connectivity index is 1.25. The third kappa shape index (κ3) is 5.15. The highest BCUT2D eigenvalue weighted by Crippen LogP contribution is 2.43. The van der Waals surface area contributed by atoms with Gasteiger partial charge in [0.2, 0.25) is 0 Å². The van der Waals surface area contributed by atoms with E-state index in [0.29, 0.717) is 6.04 Å². The van der Waals surface area contributed by atoms with Crippen molar-refractivity contribution in [2.24, 2.45) is 0 Å². The number of fused-ring (bicyclic) bond motifs is 2. The number of benzene rings is 3. The first-order valence-corrected chi connectivity index (χ1v) is 13.1. The second-order valence-electron chi connectivity index (χ2n) is 8.15. The van der Waals surface area contributed by atoms with Crippen molar-refractivity contribution in [3.63, 3.8) is 0 Å². The number of rotatable bonds is 5. The number of nitrogens with zero attached hydrogens (tertiary/aromatic N) is 2. The predicted molar refractivity (Wildman–Crippen MR) is 134 cm³/mol. The molecule has 2 aliphatic rings. The van der Waals surface area contributed by atoms with Gasteiger partial charge in [0.05, 0.1) is 0 Å². The minimum absolute atomic E-state index is 0.394. The lowest BCUT2D eigenvalue weighted by Crippen LogP contribution is -2.48. The van der Waals surface area contributed by atoms with Crippen molar-refractivity contribution < 1.29 is 0 Å². The highest BCUT2D eigenvalue weighted by Gasteiger charge is 2.30. The first kappa shape index (κ1) is 21.4. The molecular formula is C26H27ClN2S2. The van der Waals surface area contributed by atoms with Gasteiger partial charge in [-0.05, 0) is 53.9 Å². The minimum atomic E-state index is 0.394. The Morgan fingerprint density at radius 2 is 1.65 bits per heavy atom. The Morgan fingerprint density at radius 1 is 0.871 bits per heavy atom. The summed E-state index contributed by atoms with van der Waals surface area (Å²) in [5, 5.41) is 0.840. The number of piperazine rings is 1. The second-order valence-corrected chi connectivity index (χ2v) is 10.8. The van der Waals surface area contributed by atoms with E-state index in [9.17, 15) is 0 Å². The molecule has 0 bridgehead atoms. The maximum Gasteiger partial charge on any atom is 0.0410 e. The maximum atomic E-state index is 6.44. The molecule has 0 aliphatic carbocycles. The first-order chi connectivity index (χ1) is 15.3. The summed E-state index contributed by atoms with van der Waals surface area (Å²) < 4.78 is 0. The van der Waals surface area contributed by atoms with E-state index in [4.69, 9.17) is 11.6 Å². The molecule has 5 rings (SSSR count). The van der Waals surface area contributed by atoms with Crippen LogP contribution in [0.15, 0.2) is 87.5 Å². The van der Waals surface area contributed by atoms with Crippen molar-refractivity contribution >= 4 is 35.1 Å². The van der Waals surface area contributed by atoms with Gasteiger partial charge < -0.3 is 0 Å². The molecule has 0 N–H and O–H groups in total. The van der Waals surface area contributed by atoms with Gasteiger partial charge in [-0.1, -0.05) is 59.8 Å². The number of hydrogen-bond donors (Lipinski definition) is 0. The van der Waals surface area contributed by atoms with Crippen molar-refractivity contribution in [1.82, 2.24) is 9.80 Å². The SMILES string of the molecule is Clc1ccc2c(c1)[C@H](N1CCN(CCSc3ccccc3)CC1)Cc1ccccc1S2. The summed E-state index contributed by atoms with van der Waals surface area (Å²) in [5.41, 5.74) is 2.84. The van der Waals surface area contributed by atoms with Crippen LogP contribution in [0.5, 0.6) is 0 Å². The number of halogens is 1. The molecule has 31 heavy (non-hydrogen) atoms. The van der Waals surface area contributed by atoms with E-state index < -0.39 is 0 Å². The van der Waals surface area contributed by atoms with E-state index in [1.54, 1.807) is 0 Å². The van der Waals surface area contributed by atoms with E-state index in [1.165, 1.54) is 25.8 Å². The molecule has 1 atom stereocenters. The van der Waals surface area contributed by atoms with E-state index in [-0.39, 0.29) is 0 Å². The molecule has 0 amide bonds. The fourth-order valence-electron chi connectivity index (χ4n) is 4.52. The summed E-state index contributed by atoms with van der Waals surface area (Å²) >= 11 is 10.3. The van der Waals surface area contributed by atoms with Crippen molar-refractivity contribution in [1.29, 1.82) is 0 Å². The summed E-state index contributed by atoms with van der Waals surface area (Å²) in [7, 11) is 0. The Bertz CT molecular complexity index is 1020. The van der Waals surface area contributed by atoms with Crippen molar-refractivity contribution in [3.05, 3.63) is 88.9 Å². The lowest BCUT2D eigenvalue weighted by atomic mass is 9.96. The van der Waals surface area contributed by atoms with Gasteiger partial charge in [-0.25, -0.2) is 0 Å². The summed E-state index contributed by atoms with van der Waals surface area (Å²) in [6, 6.07) is 26.4. The van der Waals surface area contributed by atoms with Crippen LogP contribution in [-0.2, 0) is 6.42 Å². The molecule has 0 unspecified atom stereocenters. The van der Waals surface area contributed by atoms with Gasteiger partial charge in [-0.15, -0.1) is 11.8 Å². The van der Waals surface area contributed by atoms with E-state index >= 15 is 0 Å². The Kier molecular flexibility index (Phi) is 6.92. The lowest BCUT2D eigenvalue weighted by Gasteiger charge is -2.39. The van der Waals surface area contributed by atoms with Crippen LogP contribution in [0.2, 0.25) is 5.02 Å². The van der Waals surface area contributed by atoms with Crippen LogP contribution in [0.3, 0.4) is 0 Å². The zero-order valence-electron chi connectivity index (χ0n) is 17.5. The van der Waals surface area contributed by atoms with Gasteiger partial charge in [0.25, 0.3) is 0 Å². The summed E-state index contributed by atoms with van der Waals surface area (Å²) in [6.07, 6.45) is 1.06. The Morgan fingerprint density at radius 3 is 2.48 bits per heavy atom. The highest BCUT2D eigenvalue weighted by molar-refractivity contribution is 7.99. The minimum Gasteiger partial charge on any atom is -0.300 e. The molecule has 5 heteroatoms. The van der Waals surface area contributed by atoms with E-state index in [1.807, 2.05) is 29.6 Å². The summed E-state index contributed by atoms with van der Waals surface area (Å²) in [6.45, 7) is 5.64. The topological polar surface area (TPSA) is 6.48 Å². The van der Waals surface area contributed by atoms with Gasteiger partial charge in [0.1, 0.15) is 0 Å². The molecule has 0 aromatic heterocycles. The molecule has 2 aliphatic heterocycles. The number of hydrogen-bond acceptors (Lipinski definition) is 4. The fourth-order valence-corrected chi connectivity index (χ4v) is 6.75. The quantitative estimate of drug-likeness (QED) is 0.396. The van der Waals surface area contributed by atoms with Crippen molar-refractivity contribution in [3.8, 4) is 0 Å². The molecule has 2 nitrogen and oxygen atoms in total. The van der Waals surface area contributed by atoms with Crippen LogP contribution in [-0.4, -0.2) is 48.3 Å². The van der Waals surface area contributed by atoms with Crippen LogP contribution < -0.4 is 0 Å². The second kappa shape index (κ2) is 10.0. The van der Waals surface area contributed by atoms with Crippen molar-refractivity contribution in [2.75, 3.05) is 38.5 Å². The third-order valence-electron chi connectivity index (χ3n) is 6.20. The van der Waals surface area contributed by atoms with Crippen molar-refractivity contribution in [2.45, 2.75) is 27.1 Å². The van der Waals surface area contributed by atoms with Gasteiger partial charge >= 0.3 is 0 Å². The Labute approximate surface area is 199 Å². The summed E-state index contributed by atoms with van der Waals surface area (Å²) in [5.74, 6) is 1.15. The van der Waals surface area contributed by atoms with Crippen LogP contribution in [0.1, 0.15) is 17.2 Å². The molecule has 2 heterocycles. The zero-order valence-corrected chi connectivity index (χ0v) is 19.9. The average Bonchev–Trinajstić information content (AvgIpc) is 2.97. The van der Waals surface area contributed by atoms with Gasteiger partial charge in [0.15, 0.2) is 0 Å². The Hall–Kier alpha value is -1.43. The average molecular weight is 467 g/mol. The van der Waals surface area contributed by atoms with E-state index in [0.717, 1.165) is 49.9 Å². The van der Waals surface area contributed by atoms with Gasteiger partial charge in [-0.2, -0.15) is 0 Å². The number of thioether (sulfide) groups is 1. The molecule has 0 saturated carbocycles. The monoisotopic (exact) mass is 466 g/mol. The molecule has 0 spiro atoms. The first-order valence-electron chi connectivity index (χ1n) is 11.0. The van der Waals surface area contributed by atoms with Crippen LogP contribution >= 0.6 is 35.1 Å². The summed E-state index contributed by atoms with van der Waals surface area (Å²) in [4.78, 5) is 9.39. The fraction of sp³-hybridized carbons (Fsp3) is 0.308. The van der Waals surface area contributed by atoms with Crippen LogP contribution in [0, 0.1) is 0 Å². The molecule has 0 radical (unpaired) electrons.